The molecule has 0 saturated carbocycles. The molecule has 2 rings (SSSR count). The molecule has 0 bridgehead atoms. The van der Waals surface area contributed by atoms with Gasteiger partial charge in [0.1, 0.15) is 12.4 Å². The van der Waals surface area contributed by atoms with Crippen LogP contribution in [0.25, 0.3) is 0 Å². The topological polar surface area (TPSA) is 46.5 Å². The van der Waals surface area contributed by atoms with E-state index in [9.17, 15) is 4.79 Å². The maximum Gasteiger partial charge on any atom is 0.303 e. The van der Waals surface area contributed by atoms with E-state index in [0.717, 1.165) is 29.0 Å². The minimum absolute atomic E-state index is 0.102. The molecule has 1 N–H and O–H groups in total. The normalized spacial score (nSPS) is 10.6. The van der Waals surface area contributed by atoms with Crippen LogP contribution >= 0.6 is 63.7 Å². The summed E-state index contributed by atoms with van der Waals surface area (Å²) in [6.07, 6.45) is 0.580. The maximum absolute atomic E-state index is 10.7. The molecule has 0 amide bonds. The Labute approximate surface area is 167 Å². The van der Waals surface area contributed by atoms with Crippen molar-refractivity contribution in [2.75, 3.05) is 0 Å². The number of halogens is 4. The lowest BCUT2D eigenvalue weighted by Crippen LogP contribution is -2.00. The van der Waals surface area contributed by atoms with E-state index in [1.807, 2.05) is 30.3 Å². The van der Waals surface area contributed by atoms with Gasteiger partial charge >= 0.3 is 5.97 Å². The van der Waals surface area contributed by atoms with Crippen LogP contribution in [-0.2, 0) is 17.8 Å². The molecule has 0 atom stereocenters. The van der Waals surface area contributed by atoms with Crippen molar-refractivity contribution in [3.63, 3.8) is 0 Å². The first-order chi connectivity index (χ1) is 10.8. The molecule has 0 heterocycles. The number of carboxylic acids is 1. The molecule has 0 saturated heterocycles. The van der Waals surface area contributed by atoms with E-state index >= 15 is 0 Å². The Bertz CT molecular complexity index is 688. The summed E-state index contributed by atoms with van der Waals surface area (Å²) in [5.41, 5.74) is 1.96. The van der Waals surface area contributed by atoms with E-state index in [-0.39, 0.29) is 6.42 Å². The third-order valence-electron chi connectivity index (χ3n) is 2.99. The molecule has 23 heavy (non-hydrogen) atoms. The van der Waals surface area contributed by atoms with E-state index < -0.39 is 5.97 Å². The average molecular weight is 572 g/mol. The minimum atomic E-state index is -0.808. The van der Waals surface area contributed by atoms with Gasteiger partial charge in [-0.2, -0.15) is 0 Å². The van der Waals surface area contributed by atoms with E-state index in [4.69, 9.17) is 9.84 Å². The summed E-state index contributed by atoms with van der Waals surface area (Å²) in [7, 11) is 0. The number of carboxylic acid groups (broad SMARTS) is 1. The van der Waals surface area contributed by atoms with Gasteiger partial charge in [-0.3, -0.25) is 4.79 Å². The average Bonchev–Trinajstić information content (AvgIpc) is 2.43. The fourth-order valence-corrected chi connectivity index (χ4v) is 4.89. The van der Waals surface area contributed by atoms with Gasteiger partial charge in [-0.25, -0.2) is 0 Å². The molecule has 0 radical (unpaired) electrons. The highest BCUT2D eigenvalue weighted by molar-refractivity contribution is 9.11. The van der Waals surface area contributed by atoms with Crippen molar-refractivity contribution >= 4 is 69.7 Å². The van der Waals surface area contributed by atoms with Gasteiger partial charge in [-0.1, -0.05) is 31.9 Å². The molecule has 0 aliphatic rings. The largest absolute Gasteiger partial charge is 0.487 e. The van der Waals surface area contributed by atoms with E-state index in [2.05, 4.69) is 63.7 Å². The Morgan fingerprint density at radius 3 is 2.00 bits per heavy atom. The fraction of sp³-hybridized carbons (Fsp3) is 0.188. The summed E-state index contributed by atoms with van der Waals surface area (Å²) in [4.78, 5) is 10.7. The standard InChI is InChI=1S/C16H12Br4O3/c17-11-3-10(4-12(18)7-11)8-23-16-13(19)5-9(6-14(16)20)1-2-15(21)22/h3-7H,1-2,8H2,(H,21,22). The predicted molar refractivity (Wildman–Crippen MR) is 104 cm³/mol. The van der Waals surface area contributed by atoms with Gasteiger partial charge in [-0.15, -0.1) is 0 Å². The highest BCUT2D eigenvalue weighted by atomic mass is 79.9. The van der Waals surface area contributed by atoms with Crippen molar-refractivity contribution in [2.24, 2.45) is 0 Å². The van der Waals surface area contributed by atoms with Crippen LogP contribution < -0.4 is 4.74 Å². The van der Waals surface area contributed by atoms with Gasteiger partial charge < -0.3 is 9.84 Å². The van der Waals surface area contributed by atoms with Gasteiger partial charge in [0, 0.05) is 15.4 Å². The molecule has 0 fully saturated rings. The Hall–Kier alpha value is -0.370. The second-order valence-electron chi connectivity index (χ2n) is 4.85. The van der Waals surface area contributed by atoms with Crippen LogP contribution in [0.5, 0.6) is 5.75 Å². The SMILES string of the molecule is O=C(O)CCc1cc(Br)c(OCc2cc(Br)cc(Br)c2)c(Br)c1. The van der Waals surface area contributed by atoms with Crippen LogP contribution in [0.4, 0.5) is 0 Å². The monoisotopic (exact) mass is 568 g/mol. The molecule has 2 aromatic rings. The van der Waals surface area contributed by atoms with Crippen LogP contribution in [-0.4, -0.2) is 11.1 Å². The van der Waals surface area contributed by atoms with Gasteiger partial charge in [-0.05, 0) is 79.7 Å². The van der Waals surface area contributed by atoms with Gasteiger partial charge in [0.2, 0.25) is 0 Å². The molecule has 122 valence electrons. The molecule has 0 aliphatic carbocycles. The quantitative estimate of drug-likeness (QED) is 0.441. The van der Waals surface area contributed by atoms with Crippen molar-refractivity contribution in [3.05, 3.63) is 59.3 Å². The smallest absolute Gasteiger partial charge is 0.303 e. The van der Waals surface area contributed by atoms with Crippen LogP contribution in [0.3, 0.4) is 0 Å². The predicted octanol–water partition coefficient (Wildman–Crippen LogP) is 6.33. The van der Waals surface area contributed by atoms with Crippen LogP contribution in [0, 0.1) is 0 Å². The Kier molecular flexibility index (Phi) is 7.13. The third-order valence-corrected chi connectivity index (χ3v) is 5.08. The molecule has 3 nitrogen and oxygen atoms in total. The van der Waals surface area contributed by atoms with Crippen molar-refractivity contribution in [3.8, 4) is 5.75 Å². The Morgan fingerprint density at radius 2 is 1.48 bits per heavy atom. The summed E-state index contributed by atoms with van der Waals surface area (Å²) in [6, 6.07) is 9.73. The molecule has 0 aromatic heterocycles. The van der Waals surface area contributed by atoms with E-state index in [0.29, 0.717) is 18.8 Å². The molecule has 2 aromatic carbocycles. The number of benzene rings is 2. The molecule has 0 spiro atoms. The lowest BCUT2D eigenvalue weighted by Gasteiger charge is -2.13. The summed E-state index contributed by atoms with van der Waals surface area (Å²) >= 11 is 13.9. The van der Waals surface area contributed by atoms with Crippen molar-refractivity contribution in [1.82, 2.24) is 0 Å². The summed E-state index contributed by atoms with van der Waals surface area (Å²) in [6.45, 7) is 0.420. The minimum Gasteiger partial charge on any atom is -0.487 e. The zero-order valence-electron chi connectivity index (χ0n) is 11.8. The second kappa shape index (κ2) is 8.65. The first-order valence-corrected chi connectivity index (χ1v) is 9.80. The molecular formula is C16H12Br4O3. The Balaban J connectivity index is 2.12. The number of hydrogen-bond donors (Lipinski definition) is 1. The zero-order valence-corrected chi connectivity index (χ0v) is 18.1. The Morgan fingerprint density at radius 1 is 0.913 bits per heavy atom. The van der Waals surface area contributed by atoms with Gasteiger partial charge in [0.05, 0.1) is 8.95 Å². The third kappa shape index (κ3) is 5.89. The van der Waals surface area contributed by atoms with Gasteiger partial charge in [0.25, 0.3) is 0 Å². The molecule has 0 unspecified atom stereocenters. The van der Waals surface area contributed by atoms with Gasteiger partial charge in [0.15, 0.2) is 0 Å². The summed E-state index contributed by atoms with van der Waals surface area (Å²) < 4.78 is 9.44. The molecule has 0 aliphatic heterocycles. The zero-order chi connectivity index (χ0) is 17.0. The highest BCUT2D eigenvalue weighted by Crippen LogP contribution is 2.36. The number of carbonyl (C=O) groups is 1. The number of rotatable bonds is 6. The summed E-state index contributed by atoms with van der Waals surface area (Å²) in [5, 5.41) is 8.77. The van der Waals surface area contributed by atoms with Crippen molar-refractivity contribution in [2.45, 2.75) is 19.4 Å². The van der Waals surface area contributed by atoms with Crippen LogP contribution in [0.2, 0.25) is 0 Å². The lowest BCUT2D eigenvalue weighted by atomic mass is 10.1. The first kappa shape index (κ1) is 19.0. The molecule has 7 heteroatoms. The number of aryl methyl sites for hydroxylation is 1. The number of ether oxygens (including phenoxy) is 1. The maximum atomic E-state index is 10.7. The number of aliphatic carboxylic acids is 1. The van der Waals surface area contributed by atoms with E-state index in [1.165, 1.54) is 0 Å². The van der Waals surface area contributed by atoms with E-state index in [1.54, 1.807) is 0 Å². The molecular weight excluding hydrogens is 560 g/mol. The van der Waals surface area contributed by atoms with Crippen molar-refractivity contribution < 1.29 is 14.6 Å². The van der Waals surface area contributed by atoms with Crippen LogP contribution in [0.15, 0.2) is 48.2 Å². The summed E-state index contributed by atoms with van der Waals surface area (Å²) in [5.74, 6) is -0.113. The number of hydrogen-bond acceptors (Lipinski definition) is 2. The fourth-order valence-electron chi connectivity index (χ4n) is 2.00. The van der Waals surface area contributed by atoms with Crippen molar-refractivity contribution in [1.29, 1.82) is 0 Å². The second-order valence-corrected chi connectivity index (χ2v) is 8.39. The van der Waals surface area contributed by atoms with Crippen LogP contribution in [0.1, 0.15) is 17.5 Å². The first-order valence-electron chi connectivity index (χ1n) is 6.62. The highest BCUT2D eigenvalue weighted by Gasteiger charge is 2.11. The lowest BCUT2D eigenvalue weighted by molar-refractivity contribution is -0.136.